The van der Waals surface area contributed by atoms with E-state index in [1.807, 2.05) is 6.92 Å². The highest BCUT2D eigenvalue weighted by Gasteiger charge is 2.00. The van der Waals surface area contributed by atoms with Crippen LogP contribution in [0.15, 0.2) is 0 Å². The molecular weight excluding hydrogens is 202 g/mol. The highest BCUT2D eigenvalue weighted by molar-refractivity contribution is 7.84. The van der Waals surface area contributed by atoms with Crippen LogP contribution in [0, 0.1) is 0 Å². The first-order valence-corrected chi connectivity index (χ1v) is 6.56. The van der Waals surface area contributed by atoms with Gasteiger partial charge in [0.05, 0.1) is 13.2 Å². The Kier molecular flexibility index (Phi) is 8.87. The summed E-state index contributed by atoms with van der Waals surface area (Å²) in [4.78, 5) is 11.0. The molecule has 4 nitrogen and oxygen atoms in total. The molecule has 0 heterocycles. The van der Waals surface area contributed by atoms with Crippen LogP contribution in [-0.4, -0.2) is 41.9 Å². The quantitative estimate of drug-likeness (QED) is 0.473. The zero-order valence-corrected chi connectivity index (χ0v) is 9.69. The third-order valence-corrected chi connectivity index (χ3v) is 2.38. The number of ether oxygens (including phenoxy) is 1. The van der Waals surface area contributed by atoms with E-state index in [1.54, 1.807) is 6.26 Å². The van der Waals surface area contributed by atoms with E-state index in [2.05, 4.69) is 5.32 Å². The van der Waals surface area contributed by atoms with Gasteiger partial charge in [-0.05, 0) is 6.42 Å². The van der Waals surface area contributed by atoms with Crippen LogP contribution >= 0.6 is 0 Å². The van der Waals surface area contributed by atoms with E-state index in [0.29, 0.717) is 18.9 Å². The highest BCUT2D eigenvalue weighted by Crippen LogP contribution is 1.87. The molecule has 14 heavy (non-hydrogen) atoms. The summed E-state index contributed by atoms with van der Waals surface area (Å²) >= 11 is 0. The van der Waals surface area contributed by atoms with Gasteiger partial charge in [0, 0.05) is 29.4 Å². The van der Waals surface area contributed by atoms with Crippen molar-refractivity contribution in [3.63, 3.8) is 0 Å². The molecule has 1 N–H and O–H groups in total. The molecule has 0 aliphatic carbocycles. The molecule has 0 aromatic heterocycles. The van der Waals surface area contributed by atoms with Crippen molar-refractivity contribution in [3.05, 3.63) is 0 Å². The van der Waals surface area contributed by atoms with Crippen molar-refractivity contribution in [3.8, 4) is 0 Å². The molecule has 0 amide bonds. The second-order valence-corrected chi connectivity index (χ2v) is 4.58. The van der Waals surface area contributed by atoms with Crippen molar-refractivity contribution in [1.29, 1.82) is 0 Å². The number of carbonyl (C=O) groups is 1. The van der Waals surface area contributed by atoms with Gasteiger partial charge >= 0.3 is 5.97 Å². The average Bonchev–Trinajstić information content (AvgIpc) is 2.13. The summed E-state index contributed by atoms with van der Waals surface area (Å²) in [6.07, 6.45) is 3.57. The van der Waals surface area contributed by atoms with Gasteiger partial charge in [0.1, 0.15) is 0 Å². The molecule has 0 aliphatic rings. The van der Waals surface area contributed by atoms with E-state index in [1.165, 1.54) is 0 Å². The van der Waals surface area contributed by atoms with E-state index in [4.69, 9.17) is 4.74 Å². The Morgan fingerprint density at radius 1 is 1.50 bits per heavy atom. The summed E-state index contributed by atoms with van der Waals surface area (Å²) in [5.41, 5.74) is 0. The van der Waals surface area contributed by atoms with E-state index in [-0.39, 0.29) is 12.5 Å². The fourth-order valence-corrected chi connectivity index (χ4v) is 1.22. The summed E-state index contributed by atoms with van der Waals surface area (Å²) in [6, 6.07) is 0. The standard InChI is InChI=1S/C9H19NO3S/c1-3-4-6-13-9(11)8-10-5-7-14(2)12/h10H,3-8H2,1-2H3. The Hall–Kier alpha value is -0.420. The number of nitrogens with one attached hydrogen (secondary N) is 1. The molecule has 0 rings (SSSR count). The summed E-state index contributed by atoms with van der Waals surface area (Å²) in [7, 11) is -0.802. The first-order valence-electron chi connectivity index (χ1n) is 4.83. The van der Waals surface area contributed by atoms with Gasteiger partial charge in [-0.25, -0.2) is 0 Å². The van der Waals surface area contributed by atoms with Gasteiger partial charge in [-0.2, -0.15) is 0 Å². The Bertz CT molecular complexity index is 185. The maximum absolute atomic E-state index is 11.0. The molecule has 0 bridgehead atoms. The molecule has 0 spiro atoms. The van der Waals surface area contributed by atoms with Crippen LogP contribution in [0.2, 0.25) is 0 Å². The lowest BCUT2D eigenvalue weighted by Gasteiger charge is -2.04. The predicted octanol–water partition coefficient (Wildman–Crippen LogP) is 0.298. The van der Waals surface area contributed by atoms with Crippen LogP contribution in [0.4, 0.5) is 0 Å². The number of esters is 1. The molecule has 0 fully saturated rings. The van der Waals surface area contributed by atoms with Crippen LogP contribution in [-0.2, 0) is 20.3 Å². The zero-order chi connectivity index (χ0) is 10.8. The number of unbranched alkanes of at least 4 members (excludes halogenated alkanes) is 1. The fraction of sp³-hybridized carbons (Fsp3) is 0.889. The van der Waals surface area contributed by atoms with Gasteiger partial charge in [0.15, 0.2) is 0 Å². The summed E-state index contributed by atoms with van der Waals surface area (Å²) in [6.45, 7) is 3.34. The molecule has 0 aliphatic heterocycles. The molecule has 1 unspecified atom stereocenters. The summed E-state index contributed by atoms with van der Waals surface area (Å²) < 4.78 is 15.6. The SMILES string of the molecule is CCCCOC(=O)CNCCS(C)=O. The molecule has 0 saturated heterocycles. The Labute approximate surface area is 87.9 Å². The topological polar surface area (TPSA) is 55.4 Å². The zero-order valence-electron chi connectivity index (χ0n) is 8.88. The van der Waals surface area contributed by atoms with Gasteiger partial charge in [-0.1, -0.05) is 13.3 Å². The molecule has 5 heteroatoms. The first-order chi connectivity index (χ1) is 6.66. The van der Waals surface area contributed by atoms with Crippen molar-refractivity contribution in [2.24, 2.45) is 0 Å². The smallest absolute Gasteiger partial charge is 0.319 e. The second-order valence-electron chi connectivity index (χ2n) is 3.03. The molecule has 1 atom stereocenters. The maximum atomic E-state index is 11.0. The first kappa shape index (κ1) is 13.6. The average molecular weight is 221 g/mol. The second kappa shape index (κ2) is 9.15. The fourth-order valence-electron chi connectivity index (χ4n) is 0.788. The maximum Gasteiger partial charge on any atom is 0.319 e. The minimum absolute atomic E-state index is 0.209. The van der Waals surface area contributed by atoms with Gasteiger partial charge in [0.25, 0.3) is 0 Å². The van der Waals surface area contributed by atoms with Crippen LogP contribution in [0.5, 0.6) is 0 Å². The summed E-state index contributed by atoms with van der Waals surface area (Å²) in [5, 5.41) is 2.88. The lowest BCUT2D eigenvalue weighted by molar-refractivity contribution is -0.142. The molecule has 0 aromatic rings. The van der Waals surface area contributed by atoms with Crippen molar-refractivity contribution in [1.82, 2.24) is 5.32 Å². The molecule has 84 valence electrons. The van der Waals surface area contributed by atoms with Crippen molar-refractivity contribution in [2.75, 3.05) is 31.7 Å². The number of hydrogen-bond acceptors (Lipinski definition) is 4. The van der Waals surface area contributed by atoms with Crippen molar-refractivity contribution in [2.45, 2.75) is 19.8 Å². The molecule has 0 radical (unpaired) electrons. The van der Waals surface area contributed by atoms with Crippen LogP contribution in [0.3, 0.4) is 0 Å². The van der Waals surface area contributed by atoms with E-state index < -0.39 is 10.8 Å². The lowest BCUT2D eigenvalue weighted by atomic mass is 10.4. The van der Waals surface area contributed by atoms with Gasteiger partial charge in [-0.3, -0.25) is 9.00 Å². The minimum Gasteiger partial charge on any atom is -0.465 e. The van der Waals surface area contributed by atoms with Crippen LogP contribution in [0.1, 0.15) is 19.8 Å². The highest BCUT2D eigenvalue weighted by atomic mass is 32.2. The van der Waals surface area contributed by atoms with Gasteiger partial charge < -0.3 is 10.1 Å². The minimum atomic E-state index is -0.802. The monoisotopic (exact) mass is 221 g/mol. The Morgan fingerprint density at radius 2 is 2.21 bits per heavy atom. The van der Waals surface area contributed by atoms with Crippen LogP contribution in [0.25, 0.3) is 0 Å². The number of rotatable bonds is 8. The number of hydrogen-bond donors (Lipinski definition) is 1. The van der Waals surface area contributed by atoms with E-state index >= 15 is 0 Å². The predicted molar refractivity (Wildman–Crippen MR) is 57.7 cm³/mol. The normalized spacial score (nSPS) is 12.4. The van der Waals surface area contributed by atoms with Crippen molar-refractivity contribution < 1.29 is 13.7 Å². The molecular formula is C9H19NO3S. The molecule has 0 aromatic carbocycles. The number of carbonyl (C=O) groups excluding carboxylic acids is 1. The van der Waals surface area contributed by atoms with Gasteiger partial charge in [-0.15, -0.1) is 0 Å². The van der Waals surface area contributed by atoms with Gasteiger partial charge in [0.2, 0.25) is 0 Å². The Balaban J connectivity index is 3.22. The lowest BCUT2D eigenvalue weighted by Crippen LogP contribution is -2.28. The van der Waals surface area contributed by atoms with E-state index in [0.717, 1.165) is 12.8 Å². The third kappa shape index (κ3) is 9.67. The Morgan fingerprint density at radius 3 is 2.79 bits per heavy atom. The van der Waals surface area contributed by atoms with E-state index in [9.17, 15) is 9.00 Å². The van der Waals surface area contributed by atoms with Crippen LogP contribution < -0.4 is 5.32 Å². The largest absolute Gasteiger partial charge is 0.465 e. The molecule has 0 saturated carbocycles. The van der Waals surface area contributed by atoms with Crippen molar-refractivity contribution >= 4 is 16.8 Å². The summed E-state index contributed by atoms with van der Waals surface area (Å²) in [5.74, 6) is 0.336. The third-order valence-electron chi connectivity index (χ3n) is 1.60.